The van der Waals surface area contributed by atoms with E-state index in [2.05, 4.69) is 0 Å². The molecular formula is C10H12O5. The Hall–Kier alpha value is -1.75. The molecule has 1 atom stereocenters. The van der Waals surface area contributed by atoms with E-state index in [-0.39, 0.29) is 22.8 Å². The zero-order valence-electron chi connectivity index (χ0n) is 8.39. The first-order chi connectivity index (χ1) is 6.97. The molecule has 3 N–H and O–H groups in total. The molecule has 1 aromatic rings. The number of ketones is 1. The molecule has 0 unspecified atom stereocenters. The van der Waals surface area contributed by atoms with Crippen molar-refractivity contribution in [2.24, 2.45) is 0 Å². The number of benzene rings is 1. The lowest BCUT2D eigenvalue weighted by molar-refractivity contribution is -0.125. The second-order valence-electron chi connectivity index (χ2n) is 3.10. The molecule has 0 bridgehead atoms. The maximum Gasteiger partial charge on any atom is 0.167 e. The van der Waals surface area contributed by atoms with E-state index in [0.29, 0.717) is 0 Å². The summed E-state index contributed by atoms with van der Waals surface area (Å²) in [5.41, 5.74) is 0.0440. The summed E-state index contributed by atoms with van der Waals surface area (Å²) in [5.74, 6) is -1.09. The minimum atomic E-state index is -1.42. The van der Waals surface area contributed by atoms with Crippen LogP contribution in [-0.2, 0) is 4.79 Å². The third-order valence-electron chi connectivity index (χ3n) is 1.97. The van der Waals surface area contributed by atoms with Gasteiger partial charge in [-0.15, -0.1) is 0 Å². The van der Waals surface area contributed by atoms with Crippen molar-refractivity contribution in [1.82, 2.24) is 0 Å². The minimum Gasteiger partial charge on any atom is -0.508 e. The molecule has 15 heavy (non-hydrogen) atoms. The monoisotopic (exact) mass is 212 g/mol. The molecule has 0 saturated carbocycles. The molecule has 5 heteroatoms. The van der Waals surface area contributed by atoms with E-state index in [9.17, 15) is 20.1 Å². The number of aromatic hydroxyl groups is 2. The summed E-state index contributed by atoms with van der Waals surface area (Å²) in [6.07, 6.45) is -1.42. The molecule has 0 spiro atoms. The van der Waals surface area contributed by atoms with Crippen LogP contribution in [0.3, 0.4) is 0 Å². The van der Waals surface area contributed by atoms with Crippen molar-refractivity contribution in [2.75, 3.05) is 7.11 Å². The SMILES string of the molecule is COc1c(O)cc(O)cc1[C@H](O)C(C)=O. The molecule has 0 aliphatic carbocycles. The Balaban J connectivity index is 3.32. The van der Waals surface area contributed by atoms with Gasteiger partial charge in [0.05, 0.1) is 7.11 Å². The normalized spacial score (nSPS) is 12.2. The van der Waals surface area contributed by atoms with Crippen LogP contribution in [0.5, 0.6) is 17.2 Å². The number of aliphatic hydroxyl groups excluding tert-OH is 1. The quantitative estimate of drug-likeness (QED) is 0.687. The molecule has 0 aliphatic rings. The third kappa shape index (κ3) is 2.19. The Bertz CT molecular complexity index is 386. The molecule has 0 heterocycles. The van der Waals surface area contributed by atoms with Crippen LogP contribution in [0.4, 0.5) is 0 Å². The summed E-state index contributed by atoms with van der Waals surface area (Å²) in [7, 11) is 1.29. The maximum atomic E-state index is 11.0. The Morgan fingerprint density at radius 1 is 1.40 bits per heavy atom. The van der Waals surface area contributed by atoms with Crippen LogP contribution in [0.1, 0.15) is 18.6 Å². The van der Waals surface area contributed by atoms with E-state index in [1.807, 2.05) is 0 Å². The lowest BCUT2D eigenvalue weighted by Crippen LogP contribution is -2.09. The summed E-state index contributed by atoms with van der Waals surface area (Å²) in [5, 5.41) is 28.1. The maximum absolute atomic E-state index is 11.0. The lowest BCUT2D eigenvalue weighted by Gasteiger charge is -2.13. The largest absolute Gasteiger partial charge is 0.508 e. The van der Waals surface area contributed by atoms with Crippen molar-refractivity contribution in [3.63, 3.8) is 0 Å². The molecule has 0 aliphatic heterocycles. The predicted molar refractivity (Wildman–Crippen MR) is 52.0 cm³/mol. The van der Waals surface area contributed by atoms with Gasteiger partial charge in [0, 0.05) is 11.6 Å². The van der Waals surface area contributed by atoms with Crippen molar-refractivity contribution in [3.8, 4) is 17.2 Å². The van der Waals surface area contributed by atoms with Crippen LogP contribution in [0.25, 0.3) is 0 Å². The zero-order valence-corrected chi connectivity index (χ0v) is 8.39. The van der Waals surface area contributed by atoms with Crippen LogP contribution in [0, 0.1) is 0 Å². The van der Waals surface area contributed by atoms with E-state index in [0.717, 1.165) is 6.07 Å². The fourth-order valence-electron chi connectivity index (χ4n) is 1.26. The van der Waals surface area contributed by atoms with Crippen LogP contribution in [-0.4, -0.2) is 28.2 Å². The highest BCUT2D eigenvalue weighted by atomic mass is 16.5. The van der Waals surface area contributed by atoms with Gasteiger partial charge in [0.25, 0.3) is 0 Å². The Morgan fingerprint density at radius 3 is 2.47 bits per heavy atom. The Kier molecular flexibility index (Phi) is 3.16. The minimum absolute atomic E-state index is 0.0181. The molecule has 0 radical (unpaired) electrons. The summed E-state index contributed by atoms with van der Waals surface area (Å²) >= 11 is 0. The fraction of sp³-hybridized carbons (Fsp3) is 0.300. The fourth-order valence-corrected chi connectivity index (χ4v) is 1.26. The van der Waals surface area contributed by atoms with Crippen LogP contribution < -0.4 is 4.74 Å². The van der Waals surface area contributed by atoms with E-state index in [1.165, 1.54) is 20.1 Å². The smallest absolute Gasteiger partial charge is 0.167 e. The Labute approximate surface area is 86.5 Å². The van der Waals surface area contributed by atoms with Gasteiger partial charge in [-0.05, 0) is 13.0 Å². The highest BCUT2D eigenvalue weighted by Gasteiger charge is 2.21. The van der Waals surface area contributed by atoms with Gasteiger partial charge in [-0.3, -0.25) is 4.79 Å². The molecule has 0 amide bonds. The van der Waals surface area contributed by atoms with E-state index < -0.39 is 11.9 Å². The first-order valence-corrected chi connectivity index (χ1v) is 4.25. The molecular weight excluding hydrogens is 200 g/mol. The number of carbonyl (C=O) groups excluding carboxylic acids is 1. The molecule has 1 rings (SSSR count). The van der Waals surface area contributed by atoms with E-state index >= 15 is 0 Å². The van der Waals surface area contributed by atoms with Gasteiger partial charge < -0.3 is 20.1 Å². The number of phenols is 2. The first kappa shape index (κ1) is 11.3. The second kappa shape index (κ2) is 4.18. The number of Topliss-reactive ketones (excluding diaryl/α,β-unsaturated/α-hetero) is 1. The number of carbonyl (C=O) groups is 1. The number of ether oxygens (including phenoxy) is 1. The number of aliphatic hydroxyl groups is 1. The number of hydrogen-bond acceptors (Lipinski definition) is 5. The number of rotatable bonds is 3. The number of hydrogen-bond donors (Lipinski definition) is 3. The average molecular weight is 212 g/mol. The number of phenolic OH excluding ortho intramolecular Hbond substituents is 2. The van der Waals surface area contributed by atoms with Gasteiger partial charge in [-0.2, -0.15) is 0 Å². The summed E-state index contributed by atoms with van der Waals surface area (Å²) < 4.78 is 4.83. The van der Waals surface area contributed by atoms with Crippen LogP contribution in [0.2, 0.25) is 0 Å². The molecule has 1 aromatic carbocycles. The zero-order chi connectivity index (χ0) is 11.6. The van der Waals surface area contributed by atoms with Crippen molar-refractivity contribution >= 4 is 5.78 Å². The van der Waals surface area contributed by atoms with E-state index in [4.69, 9.17) is 4.74 Å². The van der Waals surface area contributed by atoms with Crippen LogP contribution in [0.15, 0.2) is 12.1 Å². The highest BCUT2D eigenvalue weighted by molar-refractivity contribution is 5.83. The molecule has 0 saturated heterocycles. The predicted octanol–water partition coefficient (Wildman–Crippen LogP) is 0.729. The van der Waals surface area contributed by atoms with Gasteiger partial charge >= 0.3 is 0 Å². The van der Waals surface area contributed by atoms with Gasteiger partial charge in [0.2, 0.25) is 0 Å². The standard InChI is InChI=1S/C10H12O5/c1-5(11)9(14)7-3-6(12)4-8(13)10(7)15-2/h3-4,9,12-14H,1-2H3/t9-/m1/s1. The van der Waals surface area contributed by atoms with Crippen molar-refractivity contribution in [2.45, 2.75) is 13.0 Å². The van der Waals surface area contributed by atoms with Gasteiger partial charge in [-0.25, -0.2) is 0 Å². The molecule has 82 valence electrons. The van der Waals surface area contributed by atoms with Gasteiger partial charge in [0.1, 0.15) is 11.9 Å². The molecule has 0 aromatic heterocycles. The molecule has 0 fully saturated rings. The summed E-state index contributed by atoms with van der Waals surface area (Å²) in [6.45, 7) is 1.20. The van der Waals surface area contributed by atoms with Crippen molar-refractivity contribution < 1.29 is 24.9 Å². The highest BCUT2D eigenvalue weighted by Crippen LogP contribution is 2.37. The van der Waals surface area contributed by atoms with Crippen molar-refractivity contribution in [1.29, 1.82) is 0 Å². The molecule has 5 nitrogen and oxygen atoms in total. The van der Waals surface area contributed by atoms with E-state index in [1.54, 1.807) is 0 Å². The van der Waals surface area contributed by atoms with Gasteiger partial charge in [0.15, 0.2) is 17.3 Å². The Morgan fingerprint density at radius 2 is 2.00 bits per heavy atom. The van der Waals surface area contributed by atoms with Gasteiger partial charge in [-0.1, -0.05) is 0 Å². The van der Waals surface area contributed by atoms with Crippen molar-refractivity contribution in [3.05, 3.63) is 17.7 Å². The second-order valence-corrected chi connectivity index (χ2v) is 3.10. The average Bonchev–Trinajstić information content (AvgIpc) is 2.15. The first-order valence-electron chi connectivity index (χ1n) is 4.25. The van der Waals surface area contributed by atoms with Crippen LogP contribution >= 0.6 is 0 Å². The third-order valence-corrected chi connectivity index (χ3v) is 1.97. The summed E-state index contributed by atoms with van der Waals surface area (Å²) in [4.78, 5) is 11.0. The number of methoxy groups -OCH3 is 1. The topological polar surface area (TPSA) is 87.0 Å². The summed E-state index contributed by atoms with van der Waals surface area (Å²) in [6, 6.07) is 2.24. The lowest BCUT2D eigenvalue weighted by atomic mass is 10.0.